The molecule has 2 amide bonds. The second kappa shape index (κ2) is 8.64. The van der Waals surface area contributed by atoms with Crippen molar-refractivity contribution < 1.29 is 14.1 Å². The van der Waals surface area contributed by atoms with Gasteiger partial charge in [-0.1, -0.05) is 34.3 Å². The average Bonchev–Trinajstić information content (AvgIpc) is 3.21. The molecule has 0 radical (unpaired) electrons. The second-order valence-corrected chi connectivity index (χ2v) is 7.62. The number of nitrogens with zero attached hydrogens (tertiary/aromatic N) is 3. The number of hydrogen-bond donors (Lipinski definition) is 3. The predicted octanol–water partition coefficient (Wildman–Crippen LogP) is 3.27. The van der Waals surface area contributed by atoms with Crippen molar-refractivity contribution in [3.05, 3.63) is 36.1 Å². The Bertz CT molecular complexity index is 955. The van der Waals surface area contributed by atoms with E-state index >= 15 is 0 Å². The van der Waals surface area contributed by atoms with Gasteiger partial charge in [-0.25, -0.2) is 0 Å². The number of aromatic nitrogens is 3. The van der Waals surface area contributed by atoms with Crippen LogP contribution in [-0.4, -0.2) is 32.9 Å². The molecule has 11 heteroatoms. The molecule has 27 heavy (non-hydrogen) atoms. The van der Waals surface area contributed by atoms with Crippen molar-refractivity contribution in [1.82, 2.24) is 15.4 Å². The van der Waals surface area contributed by atoms with E-state index in [0.717, 1.165) is 5.69 Å². The van der Waals surface area contributed by atoms with Gasteiger partial charge in [0, 0.05) is 24.4 Å². The van der Waals surface area contributed by atoms with E-state index < -0.39 is 0 Å². The molecule has 0 saturated carbocycles. The lowest BCUT2D eigenvalue weighted by Crippen LogP contribution is -2.14. The highest BCUT2D eigenvalue weighted by molar-refractivity contribution is 8.01. The number of carbonyl (C=O) groups excluding carboxylic acids is 2. The zero-order chi connectivity index (χ0) is 19.2. The SMILES string of the molecule is CC(=O)Nc1cccc(Nc2nnc(SCC(=O)Nc3cc(C)on3)s2)c1. The number of nitrogens with one attached hydrogen (secondary N) is 3. The first-order valence-electron chi connectivity index (χ1n) is 7.82. The summed E-state index contributed by atoms with van der Waals surface area (Å²) in [5.74, 6) is 0.845. The average molecular weight is 404 g/mol. The highest BCUT2D eigenvalue weighted by Gasteiger charge is 2.10. The summed E-state index contributed by atoms with van der Waals surface area (Å²) in [5, 5.41) is 20.9. The molecule has 0 aliphatic heterocycles. The molecule has 1 aromatic carbocycles. The maximum absolute atomic E-state index is 11.9. The van der Waals surface area contributed by atoms with Crippen molar-refractivity contribution in [3.63, 3.8) is 0 Å². The summed E-state index contributed by atoms with van der Waals surface area (Å²) >= 11 is 2.60. The summed E-state index contributed by atoms with van der Waals surface area (Å²) in [7, 11) is 0. The van der Waals surface area contributed by atoms with E-state index in [4.69, 9.17) is 4.52 Å². The summed E-state index contributed by atoms with van der Waals surface area (Å²) in [6.07, 6.45) is 0. The van der Waals surface area contributed by atoms with E-state index in [2.05, 4.69) is 31.3 Å². The second-order valence-electron chi connectivity index (χ2n) is 5.42. The van der Waals surface area contributed by atoms with Gasteiger partial charge in [0.25, 0.3) is 0 Å². The monoisotopic (exact) mass is 404 g/mol. The molecule has 2 aromatic heterocycles. The first-order chi connectivity index (χ1) is 13.0. The topological polar surface area (TPSA) is 122 Å². The van der Waals surface area contributed by atoms with Gasteiger partial charge in [0.05, 0.1) is 5.75 Å². The maximum atomic E-state index is 11.9. The molecular weight excluding hydrogens is 388 g/mol. The molecular formula is C16H16N6O3S2. The first-order valence-corrected chi connectivity index (χ1v) is 9.62. The minimum Gasteiger partial charge on any atom is -0.360 e. The van der Waals surface area contributed by atoms with Crippen LogP contribution >= 0.6 is 23.1 Å². The van der Waals surface area contributed by atoms with Crippen molar-refractivity contribution >= 4 is 57.2 Å². The molecule has 0 saturated heterocycles. The van der Waals surface area contributed by atoms with Crippen LogP contribution in [0.5, 0.6) is 0 Å². The quantitative estimate of drug-likeness (QED) is 0.513. The largest absolute Gasteiger partial charge is 0.360 e. The summed E-state index contributed by atoms with van der Waals surface area (Å²) in [6, 6.07) is 8.91. The Balaban J connectivity index is 1.52. The van der Waals surface area contributed by atoms with Crippen LogP contribution in [0.2, 0.25) is 0 Å². The van der Waals surface area contributed by atoms with Gasteiger partial charge >= 0.3 is 0 Å². The van der Waals surface area contributed by atoms with Gasteiger partial charge in [0.2, 0.25) is 16.9 Å². The van der Waals surface area contributed by atoms with Crippen LogP contribution in [0.15, 0.2) is 39.2 Å². The van der Waals surface area contributed by atoms with Crippen molar-refractivity contribution in [2.75, 3.05) is 21.7 Å². The standard InChI is InChI=1S/C16H16N6O3S2/c1-9-6-13(22-25-9)19-14(24)8-26-16-21-20-15(27-16)18-12-5-3-4-11(7-12)17-10(2)23/h3-7H,8H2,1-2H3,(H,17,23)(H,18,20)(H,19,22,24). The fourth-order valence-electron chi connectivity index (χ4n) is 2.05. The number of hydrogen-bond acceptors (Lipinski definition) is 9. The van der Waals surface area contributed by atoms with E-state index in [1.165, 1.54) is 30.0 Å². The van der Waals surface area contributed by atoms with E-state index in [9.17, 15) is 9.59 Å². The molecule has 3 aromatic rings. The van der Waals surface area contributed by atoms with Crippen molar-refractivity contribution in [3.8, 4) is 0 Å². The summed E-state index contributed by atoms with van der Waals surface area (Å²) < 4.78 is 5.55. The number of anilines is 4. The minimum atomic E-state index is -0.207. The molecule has 0 unspecified atom stereocenters. The fraction of sp³-hybridized carbons (Fsp3) is 0.188. The molecule has 3 N–H and O–H groups in total. The van der Waals surface area contributed by atoms with Crippen LogP contribution in [0.3, 0.4) is 0 Å². The van der Waals surface area contributed by atoms with Crippen molar-refractivity contribution in [1.29, 1.82) is 0 Å². The van der Waals surface area contributed by atoms with Gasteiger partial charge in [0.15, 0.2) is 10.2 Å². The fourth-order valence-corrected chi connectivity index (χ4v) is 3.62. The lowest BCUT2D eigenvalue weighted by Gasteiger charge is -2.05. The zero-order valence-electron chi connectivity index (χ0n) is 14.5. The minimum absolute atomic E-state index is 0.138. The van der Waals surface area contributed by atoms with Gasteiger partial charge in [0.1, 0.15) is 5.76 Å². The molecule has 0 bridgehead atoms. The van der Waals surface area contributed by atoms with Crippen molar-refractivity contribution in [2.45, 2.75) is 18.2 Å². The highest BCUT2D eigenvalue weighted by atomic mass is 32.2. The molecule has 2 heterocycles. The summed E-state index contributed by atoms with van der Waals surface area (Å²) in [4.78, 5) is 23.0. The number of benzene rings is 1. The summed E-state index contributed by atoms with van der Waals surface area (Å²) in [6.45, 7) is 3.20. The van der Waals surface area contributed by atoms with E-state index in [1.54, 1.807) is 25.1 Å². The number of carbonyl (C=O) groups is 2. The molecule has 140 valence electrons. The normalized spacial score (nSPS) is 10.4. The van der Waals surface area contributed by atoms with E-state index in [1.807, 2.05) is 12.1 Å². The summed E-state index contributed by atoms with van der Waals surface area (Å²) in [5.41, 5.74) is 1.46. The predicted molar refractivity (Wildman–Crippen MR) is 105 cm³/mol. The van der Waals surface area contributed by atoms with Gasteiger partial charge in [-0.2, -0.15) is 0 Å². The molecule has 3 rings (SSSR count). The Morgan fingerprint density at radius 1 is 1.19 bits per heavy atom. The van der Waals surface area contributed by atoms with E-state index in [-0.39, 0.29) is 17.6 Å². The smallest absolute Gasteiger partial charge is 0.236 e. The molecule has 0 atom stereocenters. The van der Waals surface area contributed by atoms with Crippen LogP contribution in [-0.2, 0) is 9.59 Å². The number of thioether (sulfide) groups is 1. The van der Waals surface area contributed by atoms with Crippen LogP contribution in [0, 0.1) is 6.92 Å². The van der Waals surface area contributed by atoms with Gasteiger partial charge in [-0.15, -0.1) is 10.2 Å². The van der Waals surface area contributed by atoms with Crippen molar-refractivity contribution in [2.24, 2.45) is 0 Å². The lowest BCUT2D eigenvalue weighted by atomic mass is 10.3. The van der Waals surface area contributed by atoms with Gasteiger partial charge in [-0.3, -0.25) is 9.59 Å². The molecule has 0 aliphatic carbocycles. The third-order valence-electron chi connectivity index (χ3n) is 3.06. The first kappa shape index (κ1) is 18.9. The Morgan fingerprint density at radius 3 is 2.74 bits per heavy atom. The highest BCUT2D eigenvalue weighted by Crippen LogP contribution is 2.28. The number of amides is 2. The number of aryl methyl sites for hydroxylation is 1. The molecule has 9 nitrogen and oxygen atoms in total. The lowest BCUT2D eigenvalue weighted by molar-refractivity contribution is -0.114. The number of rotatable bonds is 7. The molecule has 0 fully saturated rings. The Morgan fingerprint density at radius 2 is 2.00 bits per heavy atom. The van der Waals surface area contributed by atoms with Gasteiger partial charge < -0.3 is 20.5 Å². The zero-order valence-corrected chi connectivity index (χ0v) is 16.1. The van der Waals surface area contributed by atoms with Crippen LogP contribution < -0.4 is 16.0 Å². The van der Waals surface area contributed by atoms with Crippen LogP contribution in [0.4, 0.5) is 22.3 Å². The third kappa shape index (κ3) is 5.79. The third-order valence-corrected chi connectivity index (χ3v) is 5.03. The Labute approximate surface area is 162 Å². The Hall–Kier alpha value is -2.92. The van der Waals surface area contributed by atoms with Crippen LogP contribution in [0.25, 0.3) is 0 Å². The maximum Gasteiger partial charge on any atom is 0.236 e. The van der Waals surface area contributed by atoms with Gasteiger partial charge in [-0.05, 0) is 25.1 Å². The van der Waals surface area contributed by atoms with Crippen LogP contribution in [0.1, 0.15) is 12.7 Å². The van der Waals surface area contributed by atoms with E-state index in [0.29, 0.717) is 26.7 Å². The molecule has 0 aliphatic rings. The molecule has 0 spiro atoms. The Kier molecular flexibility index (Phi) is 6.04.